The monoisotopic (exact) mass is 224 g/mol. The topological polar surface area (TPSA) is 53.6 Å². The highest BCUT2D eigenvalue weighted by Crippen LogP contribution is 2.23. The molecule has 0 aliphatic rings. The van der Waals surface area contributed by atoms with Crippen molar-refractivity contribution in [1.82, 2.24) is 15.2 Å². The number of nitrogens with one attached hydrogen (secondary N) is 2. The molecule has 3 rings (SSSR count). The zero-order chi connectivity index (χ0) is 11.7. The molecule has 0 radical (unpaired) electrons. The molecule has 17 heavy (non-hydrogen) atoms. The number of pyridine rings is 1. The minimum absolute atomic E-state index is 0.827. The first-order chi connectivity index (χ1) is 8.33. The molecular formula is C13H12N4. The summed E-state index contributed by atoms with van der Waals surface area (Å²) in [4.78, 5) is 4.14. The lowest BCUT2D eigenvalue weighted by Crippen LogP contribution is -1.92. The van der Waals surface area contributed by atoms with Crippen molar-refractivity contribution >= 4 is 22.4 Å². The fourth-order valence-corrected chi connectivity index (χ4v) is 1.82. The smallest absolute Gasteiger partial charge is 0.160 e. The van der Waals surface area contributed by atoms with Gasteiger partial charge in [-0.15, -0.1) is 0 Å². The Bertz CT molecular complexity index is 657. The molecule has 0 amide bonds. The number of anilines is 2. The van der Waals surface area contributed by atoms with Gasteiger partial charge in [-0.1, -0.05) is 12.1 Å². The SMILES string of the molecule is Cc1cncc(Nc2n[nH]c3ccccc23)c1. The Morgan fingerprint density at radius 3 is 2.94 bits per heavy atom. The first-order valence-electron chi connectivity index (χ1n) is 5.45. The molecule has 2 N–H and O–H groups in total. The van der Waals surface area contributed by atoms with Crippen LogP contribution in [0.3, 0.4) is 0 Å². The van der Waals surface area contributed by atoms with Crippen LogP contribution < -0.4 is 5.32 Å². The lowest BCUT2D eigenvalue weighted by Gasteiger charge is -2.03. The van der Waals surface area contributed by atoms with Crippen LogP contribution in [0.5, 0.6) is 0 Å². The molecule has 0 spiro atoms. The van der Waals surface area contributed by atoms with Crippen LogP contribution in [-0.2, 0) is 0 Å². The lowest BCUT2D eigenvalue weighted by molar-refractivity contribution is 1.12. The zero-order valence-electron chi connectivity index (χ0n) is 9.44. The third kappa shape index (κ3) is 1.85. The van der Waals surface area contributed by atoms with Crippen LogP contribution in [0.2, 0.25) is 0 Å². The number of benzene rings is 1. The highest BCUT2D eigenvalue weighted by molar-refractivity contribution is 5.91. The quantitative estimate of drug-likeness (QED) is 0.703. The van der Waals surface area contributed by atoms with Crippen LogP contribution in [0, 0.1) is 6.92 Å². The van der Waals surface area contributed by atoms with Gasteiger partial charge in [0.1, 0.15) is 0 Å². The van der Waals surface area contributed by atoms with Crippen molar-refractivity contribution in [2.24, 2.45) is 0 Å². The zero-order valence-corrected chi connectivity index (χ0v) is 9.44. The van der Waals surface area contributed by atoms with E-state index in [0.29, 0.717) is 0 Å². The van der Waals surface area contributed by atoms with E-state index in [2.05, 4.69) is 20.5 Å². The van der Waals surface area contributed by atoms with Crippen molar-refractivity contribution < 1.29 is 0 Å². The molecule has 4 nitrogen and oxygen atoms in total. The Hall–Kier alpha value is -2.36. The summed E-state index contributed by atoms with van der Waals surface area (Å²) in [6.45, 7) is 2.01. The number of nitrogens with zero attached hydrogens (tertiary/aromatic N) is 2. The van der Waals surface area contributed by atoms with E-state index in [0.717, 1.165) is 28.0 Å². The van der Waals surface area contributed by atoms with Gasteiger partial charge in [0.2, 0.25) is 0 Å². The van der Waals surface area contributed by atoms with Gasteiger partial charge in [0.25, 0.3) is 0 Å². The van der Waals surface area contributed by atoms with Crippen LogP contribution in [0.15, 0.2) is 42.7 Å². The van der Waals surface area contributed by atoms with Crippen molar-refractivity contribution in [3.05, 3.63) is 48.3 Å². The van der Waals surface area contributed by atoms with Crippen LogP contribution in [0.25, 0.3) is 10.9 Å². The summed E-state index contributed by atoms with van der Waals surface area (Å²) < 4.78 is 0. The van der Waals surface area contributed by atoms with Gasteiger partial charge < -0.3 is 5.32 Å². The molecule has 4 heteroatoms. The van der Waals surface area contributed by atoms with Gasteiger partial charge in [-0.25, -0.2) is 0 Å². The number of rotatable bonds is 2. The number of hydrogen-bond acceptors (Lipinski definition) is 3. The third-order valence-electron chi connectivity index (χ3n) is 2.61. The number of aryl methyl sites for hydroxylation is 1. The van der Waals surface area contributed by atoms with E-state index in [-0.39, 0.29) is 0 Å². The Morgan fingerprint density at radius 2 is 2.06 bits per heavy atom. The first-order valence-corrected chi connectivity index (χ1v) is 5.45. The maximum absolute atomic E-state index is 4.26. The molecule has 0 atom stereocenters. The van der Waals surface area contributed by atoms with E-state index < -0.39 is 0 Å². The summed E-state index contributed by atoms with van der Waals surface area (Å²) in [6, 6.07) is 10.1. The van der Waals surface area contributed by atoms with Crippen molar-refractivity contribution in [3.8, 4) is 0 Å². The van der Waals surface area contributed by atoms with Gasteiger partial charge in [-0.3, -0.25) is 10.1 Å². The third-order valence-corrected chi connectivity index (χ3v) is 2.61. The fraction of sp³-hybridized carbons (Fsp3) is 0.0769. The summed E-state index contributed by atoms with van der Waals surface area (Å²) >= 11 is 0. The second kappa shape index (κ2) is 3.90. The molecule has 0 aliphatic heterocycles. The summed E-state index contributed by atoms with van der Waals surface area (Å²) in [6.07, 6.45) is 3.62. The van der Waals surface area contributed by atoms with Crippen LogP contribution in [0.1, 0.15) is 5.56 Å². The number of fused-ring (bicyclic) bond motifs is 1. The minimum atomic E-state index is 0.827. The highest BCUT2D eigenvalue weighted by Gasteiger charge is 2.04. The Labute approximate surface area is 98.7 Å². The van der Waals surface area contributed by atoms with E-state index in [1.807, 2.05) is 43.5 Å². The molecule has 1 aromatic carbocycles. The molecule has 3 aromatic rings. The average Bonchev–Trinajstić information content (AvgIpc) is 2.73. The van der Waals surface area contributed by atoms with Crippen LogP contribution in [0.4, 0.5) is 11.5 Å². The second-order valence-corrected chi connectivity index (χ2v) is 3.99. The van der Waals surface area contributed by atoms with E-state index in [4.69, 9.17) is 0 Å². The summed E-state index contributed by atoms with van der Waals surface area (Å²) in [7, 11) is 0. The second-order valence-electron chi connectivity index (χ2n) is 3.99. The largest absolute Gasteiger partial charge is 0.337 e. The number of para-hydroxylation sites is 1. The van der Waals surface area contributed by atoms with E-state index in [9.17, 15) is 0 Å². The van der Waals surface area contributed by atoms with E-state index in [1.54, 1.807) is 6.20 Å². The molecule has 84 valence electrons. The molecule has 2 aromatic heterocycles. The van der Waals surface area contributed by atoms with Crippen LogP contribution >= 0.6 is 0 Å². The van der Waals surface area contributed by atoms with E-state index in [1.165, 1.54) is 0 Å². The molecular weight excluding hydrogens is 212 g/mol. The summed E-state index contributed by atoms with van der Waals surface area (Å²) in [5, 5.41) is 11.6. The molecule has 0 unspecified atom stereocenters. The predicted molar refractivity (Wildman–Crippen MR) is 68.4 cm³/mol. The maximum atomic E-state index is 4.26. The van der Waals surface area contributed by atoms with Gasteiger partial charge >= 0.3 is 0 Å². The van der Waals surface area contributed by atoms with E-state index >= 15 is 0 Å². The number of hydrogen-bond donors (Lipinski definition) is 2. The van der Waals surface area contributed by atoms with Crippen molar-refractivity contribution in [3.63, 3.8) is 0 Å². The maximum Gasteiger partial charge on any atom is 0.160 e. The van der Waals surface area contributed by atoms with Gasteiger partial charge in [0.05, 0.1) is 17.4 Å². The number of H-pyrrole nitrogens is 1. The van der Waals surface area contributed by atoms with Gasteiger partial charge in [-0.2, -0.15) is 5.10 Å². The summed E-state index contributed by atoms with van der Waals surface area (Å²) in [5.74, 6) is 0.827. The first kappa shape index (κ1) is 9.84. The lowest BCUT2D eigenvalue weighted by atomic mass is 10.2. The number of aromatic amines is 1. The summed E-state index contributed by atoms with van der Waals surface area (Å²) in [5.41, 5.74) is 3.09. The minimum Gasteiger partial charge on any atom is -0.337 e. The number of aromatic nitrogens is 3. The molecule has 2 heterocycles. The molecule has 0 aliphatic carbocycles. The standard InChI is InChI=1S/C13H12N4/c1-9-6-10(8-14-7-9)15-13-11-4-2-3-5-12(11)16-17-13/h2-8H,1H3,(H2,15,16,17). The van der Waals surface area contributed by atoms with Crippen molar-refractivity contribution in [2.75, 3.05) is 5.32 Å². The normalized spacial score (nSPS) is 10.6. The average molecular weight is 224 g/mol. The molecule has 0 bridgehead atoms. The van der Waals surface area contributed by atoms with Gasteiger partial charge in [0.15, 0.2) is 5.82 Å². The fourth-order valence-electron chi connectivity index (χ4n) is 1.82. The molecule has 0 saturated carbocycles. The Balaban J connectivity index is 2.00. The highest BCUT2D eigenvalue weighted by atomic mass is 15.2. The Kier molecular flexibility index (Phi) is 2.26. The Morgan fingerprint density at radius 1 is 1.18 bits per heavy atom. The van der Waals surface area contributed by atoms with Crippen molar-refractivity contribution in [2.45, 2.75) is 6.92 Å². The van der Waals surface area contributed by atoms with Crippen molar-refractivity contribution in [1.29, 1.82) is 0 Å². The van der Waals surface area contributed by atoms with Gasteiger partial charge in [-0.05, 0) is 30.7 Å². The molecule has 0 saturated heterocycles. The van der Waals surface area contributed by atoms with Gasteiger partial charge in [0, 0.05) is 11.6 Å². The molecule has 0 fully saturated rings. The van der Waals surface area contributed by atoms with Crippen LogP contribution in [-0.4, -0.2) is 15.2 Å². The predicted octanol–water partition coefficient (Wildman–Crippen LogP) is 3.01.